The third-order valence-corrected chi connectivity index (χ3v) is 11.8. The largest absolute Gasteiger partial charge is 0.481 e. The van der Waals surface area contributed by atoms with Gasteiger partial charge in [0.1, 0.15) is 60.7 Å². The number of thiol groups is 1. The number of phosphoric ester groups is 2. The number of rotatable bonds is 14. The summed E-state index contributed by atoms with van der Waals surface area (Å²) >= 11 is 4.33. The molecular weight excluding hydrogens is 784 g/mol. The lowest BCUT2D eigenvalue weighted by Crippen LogP contribution is -2.71. The van der Waals surface area contributed by atoms with Crippen LogP contribution in [-0.4, -0.2) is 135 Å². The lowest BCUT2D eigenvalue weighted by atomic mass is 9.98. The number of fused-ring (bicyclic) bond motifs is 3. The predicted molar refractivity (Wildman–Crippen MR) is 185 cm³/mol. The van der Waals surface area contributed by atoms with E-state index in [-0.39, 0.29) is 17.0 Å². The van der Waals surface area contributed by atoms with Crippen LogP contribution in [0.2, 0.25) is 0 Å². The van der Waals surface area contributed by atoms with E-state index in [2.05, 4.69) is 52.4 Å². The molecule has 54 heavy (non-hydrogen) atoms. The third kappa shape index (κ3) is 8.20. The number of nitrogens with zero attached hydrogens (tertiary/aromatic N) is 5. The van der Waals surface area contributed by atoms with Crippen LogP contribution in [0, 0.1) is 6.92 Å². The number of benzene rings is 1. The van der Waals surface area contributed by atoms with Crippen LogP contribution in [0.15, 0.2) is 24.8 Å². The number of carbonyl (C=O) groups is 2. The molecule has 3 unspecified atom stereocenters. The fourth-order valence-corrected chi connectivity index (χ4v) is 8.55. The number of aromatic nitrogens is 4. The summed E-state index contributed by atoms with van der Waals surface area (Å²) in [5, 5.41) is 61.0. The molecule has 2 saturated heterocycles. The molecule has 1 aromatic carbocycles. The van der Waals surface area contributed by atoms with Gasteiger partial charge in [0.2, 0.25) is 0 Å². The van der Waals surface area contributed by atoms with Crippen molar-refractivity contribution in [2.45, 2.75) is 67.7 Å². The van der Waals surface area contributed by atoms with Crippen LogP contribution in [0.3, 0.4) is 0 Å². The van der Waals surface area contributed by atoms with Gasteiger partial charge in [0.25, 0.3) is 5.91 Å². The molecule has 11 atom stereocenters. The lowest BCUT2D eigenvalue weighted by molar-refractivity contribution is -0.122. The second kappa shape index (κ2) is 15.5. The van der Waals surface area contributed by atoms with Crippen LogP contribution in [0.4, 0.5) is 22.0 Å². The number of carbonyl (C=O) groups excluding carboxylic acids is 2. The quantitative estimate of drug-likeness (QED) is 0.0594. The second-order valence-corrected chi connectivity index (χ2v) is 15.9. The van der Waals surface area contributed by atoms with E-state index in [4.69, 9.17) is 15.0 Å². The number of hydrogen-bond donors (Lipinski definition) is 12. The molecule has 12 N–H and O–H groups in total. The van der Waals surface area contributed by atoms with Gasteiger partial charge in [-0.3, -0.25) is 23.7 Å². The first-order chi connectivity index (χ1) is 25.4. The highest BCUT2D eigenvalue weighted by Gasteiger charge is 2.47. The van der Waals surface area contributed by atoms with Gasteiger partial charge >= 0.3 is 21.7 Å². The number of amides is 3. The maximum atomic E-state index is 12.7. The maximum Gasteiger partial charge on any atom is 0.481 e. The topological polar surface area (TPSA) is 356 Å². The van der Waals surface area contributed by atoms with E-state index in [0.717, 1.165) is 17.5 Å². The number of nitrogen functional groups attached to an aromatic ring is 1. The van der Waals surface area contributed by atoms with Crippen LogP contribution in [-0.2, 0) is 37.8 Å². The molecule has 3 amide bonds. The van der Waals surface area contributed by atoms with Crippen LogP contribution in [0.25, 0.3) is 11.2 Å². The average Bonchev–Trinajstić information content (AvgIpc) is 3.66. The second-order valence-electron chi connectivity index (χ2n) is 12.5. The minimum Gasteiger partial charge on any atom is -0.388 e. The number of urea groups is 1. The normalized spacial score (nSPS) is 27.8. The van der Waals surface area contributed by atoms with Crippen LogP contribution in [0.1, 0.15) is 17.4 Å². The smallest absolute Gasteiger partial charge is 0.388 e. The molecule has 0 saturated carbocycles. The first kappa shape index (κ1) is 40.2. The van der Waals surface area contributed by atoms with E-state index in [9.17, 15) is 54.0 Å². The number of nitrogens with one attached hydrogen (secondary N) is 3. The minimum atomic E-state index is -5.54. The predicted octanol–water partition coefficient (Wildman–Crippen LogP) is -2.43. The van der Waals surface area contributed by atoms with Gasteiger partial charge in [-0.25, -0.2) is 28.9 Å². The molecule has 296 valence electrons. The van der Waals surface area contributed by atoms with E-state index < -0.39 is 102 Å². The fraction of sp³-hybridized carbons (Fsp3) is 0.519. The number of anilines is 3. The summed E-state index contributed by atoms with van der Waals surface area (Å²) in [6.45, 7) is -0.842. The van der Waals surface area contributed by atoms with Crippen molar-refractivity contribution >= 4 is 68.6 Å². The van der Waals surface area contributed by atoms with E-state index in [0.29, 0.717) is 17.1 Å². The SMILES string of the molecule is Cc1cc2c(cc1CS)N(C[C@H](O)[C@H](O)[C@H](O)COP(=O)(O)OP(=O)(O)OC[C@H]1O[C@@H](n3cnc4c(N)ncnc43)[C@H](O)[C@@H]1O)[C@H]1NC(=O)NC(=O)C1N2. The number of ether oxygens (including phenoxy) is 1. The Balaban J connectivity index is 1.04. The Hall–Kier alpha value is -3.52. The van der Waals surface area contributed by atoms with Crippen molar-refractivity contribution in [1.29, 1.82) is 0 Å². The highest BCUT2D eigenvalue weighted by atomic mass is 32.1. The zero-order valence-electron chi connectivity index (χ0n) is 27.9. The van der Waals surface area contributed by atoms with Crippen molar-refractivity contribution in [3.05, 3.63) is 35.9 Å². The number of aliphatic hydroxyl groups is 5. The number of aliphatic hydroxyl groups excluding tert-OH is 5. The molecule has 24 nitrogen and oxygen atoms in total. The van der Waals surface area contributed by atoms with Crippen molar-refractivity contribution in [3.8, 4) is 0 Å². The number of aryl methyl sites for hydroxylation is 1. The first-order valence-electron chi connectivity index (χ1n) is 15.9. The Bertz CT molecular complexity index is 2010. The van der Waals surface area contributed by atoms with Gasteiger partial charge in [-0.2, -0.15) is 16.9 Å². The number of imide groups is 1. The minimum absolute atomic E-state index is 0.0313. The Labute approximate surface area is 309 Å². The summed E-state index contributed by atoms with van der Waals surface area (Å²) in [6.07, 6.45) is -10.9. The highest BCUT2D eigenvalue weighted by molar-refractivity contribution is 7.79. The molecule has 27 heteroatoms. The van der Waals surface area contributed by atoms with Crippen molar-refractivity contribution in [2.24, 2.45) is 0 Å². The molecule has 0 aliphatic carbocycles. The van der Waals surface area contributed by atoms with E-state index in [1.807, 2.05) is 6.92 Å². The molecule has 3 aromatic rings. The Morgan fingerprint density at radius 3 is 2.48 bits per heavy atom. The number of imidazole rings is 1. The van der Waals surface area contributed by atoms with Crippen molar-refractivity contribution in [2.75, 3.05) is 35.7 Å². The molecule has 5 heterocycles. The van der Waals surface area contributed by atoms with Gasteiger partial charge in [0.05, 0.1) is 30.9 Å². The maximum absolute atomic E-state index is 12.7. The zero-order chi connectivity index (χ0) is 39.3. The monoisotopic (exact) mass is 821 g/mol. The molecule has 3 aliphatic rings. The van der Waals surface area contributed by atoms with Gasteiger partial charge in [-0.05, 0) is 30.2 Å². The van der Waals surface area contributed by atoms with Crippen LogP contribution < -0.4 is 26.6 Å². The molecule has 2 fully saturated rings. The summed E-state index contributed by atoms with van der Waals surface area (Å²) < 4.78 is 45.5. The molecule has 0 spiro atoms. The van der Waals surface area contributed by atoms with Gasteiger partial charge in [0.15, 0.2) is 17.7 Å². The zero-order valence-corrected chi connectivity index (χ0v) is 30.6. The summed E-state index contributed by atoms with van der Waals surface area (Å²) in [5.41, 5.74) is 8.57. The van der Waals surface area contributed by atoms with Crippen molar-refractivity contribution in [1.82, 2.24) is 30.2 Å². The van der Waals surface area contributed by atoms with E-state index in [1.54, 1.807) is 12.1 Å². The summed E-state index contributed by atoms with van der Waals surface area (Å²) in [6, 6.07) is 1.61. The molecule has 2 aromatic heterocycles. The number of hydrogen-bond acceptors (Lipinski definition) is 20. The molecule has 3 aliphatic heterocycles. The molecule has 0 radical (unpaired) electrons. The fourth-order valence-electron chi connectivity index (χ4n) is 6.11. The molecular formula is C27H37N9O15P2S. The van der Waals surface area contributed by atoms with Gasteiger partial charge in [0, 0.05) is 12.3 Å². The Kier molecular flexibility index (Phi) is 11.6. The molecule has 0 bridgehead atoms. The summed E-state index contributed by atoms with van der Waals surface area (Å²) in [5.74, 6) is -0.314. The first-order valence-corrected chi connectivity index (χ1v) is 19.6. The number of β-amino-alcohol motifs (C(OH)–C–C–N with tert-alkyl or cyclic N) is 1. The van der Waals surface area contributed by atoms with Gasteiger partial charge in [-0.15, -0.1) is 0 Å². The number of phosphoric acid groups is 2. The highest BCUT2D eigenvalue weighted by Crippen LogP contribution is 2.60. The third-order valence-electron chi connectivity index (χ3n) is 8.88. The summed E-state index contributed by atoms with van der Waals surface area (Å²) in [4.78, 5) is 58.4. The van der Waals surface area contributed by atoms with Gasteiger partial charge < -0.3 is 61.3 Å². The van der Waals surface area contributed by atoms with Crippen LogP contribution >= 0.6 is 28.3 Å². The Morgan fingerprint density at radius 2 is 1.76 bits per heavy atom. The van der Waals surface area contributed by atoms with E-state index >= 15 is 0 Å². The average molecular weight is 822 g/mol. The van der Waals surface area contributed by atoms with Gasteiger partial charge in [-0.1, -0.05) is 0 Å². The van der Waals surface area contributed by atoms with Crippen LogP contribution in [0.5, 0.6) is 0 Å². The number of nitrogens with two attached hydrogens (primary N) is 1. The lowest BCUT2D eigenvalue weighted by Gasteiger charge is -2.47. The Morgan fingerprint density at radius 1 is 1.04 bits per heavy atom. The standard InChI is InChI=1S/C27H37N9O15P2S/c1-10-2-12-13(3-11(10)7-54)35(24-18(32-12)25(42)34-27(43)33-24)4-14(37)19(39)15(38)5-48-52(44,45)51-53(46,47)49-6-16-20(40)21(41)26(50-16)36-9-31-17-22(28)29-8-30-23(17)36/h2-3,8-9,14-16,18-21,24,26,32,37-41,54H,4-7H2,1H3,(H,44,45)(H,46,47)(H2,28,29,30)(H2,33,34,42,43)/t14-,15+,16+,18?,19-,20+,21+,24+,26+/m0/s1. The van der Waals surface area contributed by atoms with Crippen molar-refractivity contribution in [3.63, 3.8) is 0 Å². The molecule has 6 rings (SSSR count). The summed E-state index contributed by atoms with van der Waals surface area (Å²) in [7, 11) is -11.0. The van der Waals surface area contributed by atoms with E-state index in [1.165, 1.54) is 15.8 Å². The van der Waals surface area contributed by atoms with Crippen molar-refractivity contribution < 1.29 is 72.1 Å².